The molecule has 0 aromatic heterocycles. The van der Waals surface area contributed by atoms with Crippen molar-refractivity contribution in [3.8, 4) is 0 Å². The monoisotopic (exact) mass is 153 g/mol. The molecule has 0 aromatic rings. The van der Waals surface area contributed by atoms with E-state index in [4.69, 9.17) is 0 Å². The van der Waals surface area contributed by atoms with E-state index in [1.165, 1.54) is 0 Å². The SMILES string of the molecule is C1=NC2(CCNCC2)NCC1. The molecule has 0 unspecified atom stereocenters. The van der Waals surface area contributed by atoms with Crippen LogP contribution < -0.4 is 10.6 Å². The predicted molar refractivity (Wildman–Crippen MR) is 45.9 cm³/mol. The van der Waals surface area contributed by atoms with E-state index in [9.17, 15) is 0 Å². The molecule has 0 atom stereocenters. The quantitative estimate of drug-likeness (QED) is 0.519. The molecule has 1 spiro atoms. The highest BCUT2D eigenvalue weighted by Crippen LogP contribution is 2.21. The van der Waals surface area contributed by atoms with Crippen molar-refractivity contribution in [2.75, 3.05) is 19.6 Å². The minimum absolute atomic E-state index is 0.115. The number of hydrogen-bond acceptors (Lipinski definition) is 3. The summed E-state index contributed by atoms with van der Waals surface area (Å²) in [6, 6.07) is 0. The van der Waals surface area contributed by atoms with Crippen LogP contribution in [0, 0.1) is 0 Å². The maximum absolute atomic E-state index is 4.54. The Balaban J connectivity index is 2.06. The van der Waals surface area contributed by atoms with Crippen LogP contribution in [0.1, 0.15) is 19.3 Å². The zero-order valence-corrected chi connectivity index (χ0v) is 6.77. The molecule has 2 aliphatic rings. The first-order valence-corrected chi connectivity index (χ1v) is 4.41. The van der Waals surface area contributed by atoms with Crippen LogP contribution in [0.2, 0.25) is 0 Å². The summed E-state index contributed by atoms with van der Waals surface area (Å²) in [5.74, 6) is 0. The molecule has 0 amide bonds. The van der Waals surface area contributed by atoms with E-state index in [2.05, 4.69) is 21.8 Å². The van der Waals surface area contributed by atoms with Gasteiger partial charge in [-0.1, -0.05) is 0 Å². The summed E-state index contributed by atoms with van der Waals surface area (Å²) < 4.78 is 0. The van der Waals surface area contributed by atoms with Crippen LogP contribution in [-0.4, -0.2) is 31.5 Å². The van der Waals surface area contributed by atoms with Crippen LogP contribution in [0.25, 0.3) is 0 Å². The predicted octanol–water partition coefficient (Wildman–Crippen LogP) is 0.130. The van der Waals surface area contributed by atoms with Gasteiger partial charge in [0.1, 0.15) is 5.66 Å². The Morgan fingerprint density at radius 2 is 2.00 bits per heavy atom. The third kappa shape index (κ3) is 1.44. The van der Waals surface area contributed by atoms with Crippen molar-refractivity contribution in [3.63, 3.8) is 0 Å². The molecule has 0 saturated carbocycles. The molecular weight excluding hydrogens is 138 g/mol. The minimum atomic E-state index is 0.115. The standard InChI is InChI=1S/C8H15N3/c1-4-10-8(11-5-1)2-6-9-7-3-8/h4,9,11H,1-3,5-7H2. The molecule has 0 aromatic carbocycles. The van der Waals surface area contributed by atoms with Gasteiger partial charge < -0.3 is 5.32 Å². The van der Waals surface area contributed by atoms with Crippen molar-refractivity contribution in [2.45, 2.75) is 24.9 Å². The topological polar surface area (TPSA) is 36.4 Å². The normalized spacial score (nSPS) is 29.1. The molecular formula is C8H15N3. The Hall–Kier alpha value is -0.410. The van der Waals surface area contributed by atoms with Gasteiger partial charge in [0, 0.05) is 12.8 Å². The Morgan fingerprint density at radius 1 is 1.18 bits per heavy atom. The van der Waals surface area contributed by atoms with Crippen molar-refractivity contribution in [1.82, 2.24) is 10.6 Å². The molecule has 2 aliphatic heterocycles. The van der Waals surface area contributed by atoms with Crippen molar-refractivity contribution in [3.05, 3.63) is 0 Å². The molecule has 62 valence electrons. The van der Waals surface area contributed by atoms with E-state index >= 15 is 0 Å². The highest BCUT2D eigenvalue weighted by Gasteiger charge is 2.30. The van der Waals surface area contributed by atoms with Crippen molar-refractivity contribution in [1.29, 1.82) is 0 Å². The van der Waals surface area contributed by atoms with E-state index in [1.54, 1.807) is 0 Å². The van der Waals surface area contributed by atoms with Crippen LogP contribution in [0.15, 0.2) is 4.99 Å². The summed E-state index contributed by atoms with van der Waals surface area (Å²) in [5, 5.41) is 6.84. The zero-order chi connectivity index (χ0) is 7.57. The smallest absolute Gasteiger partial charge is 0.112 e. The Labute approximate surface area is 67.3 Å². The molecule has 3 heteroatoms. The van der Waals surface area contributed by atoms with Gasteiger partial charge in [0.15, 0.2) is 0 Å². The van der Waals surface area contributed by atoms with Crippen LogP contribution in [0.3, 0.4) is 0 Å². The largest absolute Gasteiger partial charge is 0.316 e. The highest BCUT2D eigenvalue weighted by molar-refractivity contribution is 5.59. The van der Waals surface area contributed by atoms with E-state index in [1.807, 2.05) is 0 Å². The molecule has 11 heavy (non-hydrogen) atoms. The van der Waals surface area contributed by atoms with E-state index in [0.717, 1.165) is 38.9 Å². The van der Waals surface area contributed by atoms with Crippen LogP contribution in [-0.2, 0) is 0 Å². The third-order valence-corrected chi connectivity index (χ3v) is 2.50. The lowest BCUT2D eigenvalue weighted by molar-refractivity contribution is 0.250. The zero-order valence-electron chi connectivity index (χ0n) is 6.77. The van der Waals surface area contributed by atoms with Gasteiger partial charge in [-0.2, -0.15) is 0 Å². The fourth-order valence-electron chi connectivity index (χ4n) is 1.80. The molecule has 2 rings (SSSR count). The first-order valence-electron chi connectivity index (χ1n) is 4.41. The van der Waals surface area contributed by atoms with Gasteiger partial charge in [0.25, 0.3) is 0 Å². The molecule has 0 aliphatic carbocycles. The van der Waals surface area contributed by atoms with Crippen molar-refractivity contribution >= 4 is 6.21 Å². The average molecular weight is 153 g/mol. The van der Waals surface area contributed by atoms with Gasteiger partial charge >= 0.3 is 0 Å². The van der Waals surface area contributed by atoms with Crippen LogP contribution in [0.5, 0.6) is 0 Å². The molecule has 0 radical (unpaired) electrons. The second-order valence-corrected chi connectivity index (χ2v) is 3.31. The molecule has 3 nitrogen and oxygen atoms in total. The van der Waals surface area contributed by atoms with Gasteiger partial charge in [-0.25, -0.2) is 0 Å². The summed E-state index contributed by atoms with van der Waals surface area (Å²) in [4.78, 5) is 4.54. The van der Waals surface area contributed by atoms with Gasteiger partial charge in [-0.05, 0) is 32.4 Å². The van der Waals surface area contributed by atoms with Crippen molar-refractivity contribution < 1.29 is 0 Å². The average Bonchev–Trinajstić information content (AvgIpc) is 2.07. The van der Waals surface area contributed by atoms with Crippen molar-refractivity contribution in [2.24, 2.45) is 4.99 Å². The Morgan fingerprint density at radius 3 is 2.64 bits per heavy atom. The van der Waals surface area contributed by atoms with E-state index in [-0.39, 0.29) is 5.66 Å². The second-order valence-electron chi connectivity index (χ2n) is 3.31. The summed E-state index contributed by atoms with van der Waals surface area (Å²) in [7, 11) is 0. The lowest BCUT2D eigenvalue weighted by Crippen LogP contribution is -2.52. The summed E-state index contributed by atoms with van der Waals surface area (Å²) in [5.41, 5.74) is 0.115. The maximum Gasteiger partial charge on any atom is 0.112 e. The first kappa shape index (κ1) is 7.25. The number of aliphatic imine (C=N–C) groups is 1. The fraction of sp³-hybridized carbons (Fsp3) is 0.875. The van der Waals surface area contributed by atoms with Gasteiger partial charge in [-0.15, -0.1) is 0 Å². The van der Waals surface area contributed by atoms with Gasteiger partial charge in [0.05, 0.1) is 0 Å². The van der Waals surface area contributed by atoms with Crippen LogP contribution in [0.4, 0.5) is 0 Å². The summed E-state index contributed by atoms with van der Waals surface area (Å²) in [6.07, 6.45) is 5.45. The van der Waals surface area contributed by atoms with Crippen LogP contribution >= 0.6 is 0 Å². The number of nitrogens with one attached hydrogen (secondary N) is 2. The summed E-state index contributed by atoms with van der Waals surface area (Å²) in [6.45, 7) is 3.30. The second kappa shape index (κ2) is 2.91. The Kier molecular flexibility index (Phi) is 1.92. The van der Waals surface area contributed by atoms with Gasteiger partial charge in [0.2, 0.25) is 0 Å². The number of rotatable bonds is 0. The van der Waals surface area contributed by atoms with E-state index in [0.29, 0.717) is 0 Å². The lowest BCUT2D eigenvalue weighted by Gasteiger charge is -2.37. The molecule has 2 N–H and O–H groups in total. The summed E-state index contributed by atoms with van der Waals surface area (Å²) >= 11 is 0. The number of hydrogen-bond donors (Lipinski definition) is 2. The minimum Gasteiger partial charge on any atom is -0.316 e. The maximum atomic E-state index is 4.54. The van der Waals surface area contributed by atoms with E-state index < -0.39 is 0 Å². The Bertz CT molecular complexity index is 159. The lowest BCUT2D eigenvalue weighted by atomic mass is 9.97. The molecule has 1 fully saturated rings. The molecule has 1 saturated heterocycles. The molecule has 0 bridgehead atoms. The fourth-order valence-corrected chi connectivity index (χ4v) is 1.80. The number of nitrogens with zero attached hydrogens (tertiary/aromatic N) is 1. The highest BCUT2D eigenvalue weighted by atomic mass is 15.2. The number of piperidine rings is 1. The third-order valence-electron chi connectivity index (χ3n) is 2.50. The van der Waals surface area contributed by atoms with Gasteiger partial charge in [-0.3, -0.25) is 10.3 Å². The molecule has 2 heterocycles. The first-order chi connectivity index (χ1) is 5.41.